The Kier molecular flexibility index (Phi) is 7.66. The summed E-state index contributed by atoms with van der Waals surface area (Å²) in [6.07, 6.45) is 0.512. The number of hydrogen-bond donors (Lipinski definition) is 2. The van der Waals surface area contributed by atoms with Gasteiger partial charge in [0.1, 0.15) is 5.75 Å². The van der Waals surface area contributed by atoms with Crippen molar-refractivity contribution < 1.29 is 23.0 Å². The number of aliphatic hydroxyl groups excluding tert-OH is 1. The van der Waals surface area contributed by atoms with Crippen LogP contribution in [-0.2, 0) is 14.8 Å². The molecule has 0 spiro atoms. The highest BCUT2D eigenvalue weighted by Crippen LogP contribution is 2.16. The third kappa shape index (κ3) is 6.43. The van der Waals surface area contributed by atoms with E-state index < -0.39 is 16.1 Å². The van der Waals surface area contributed by atoms with E-state index in [1.54, 1.807) is 12.1 Å². The molecule has 0 aliphatic carbocycles. The van der Waals surface area contributed by atoms with Crippen molar-refractivity contribution in [2.45, 2.75) is 30.8 Å². The van der Waals surface area contributed by atoms with Crippen LogP contribution in [0.1, 0.15) is 19.8 Å². The summed E-state index contributed by atoms with van der Waals surface area (Å²) in [5, 5.41) is 9.46. The van der Waals surface area contributed by atoms with Crippen molar-refractivity contribution in [2.75, 3.05) is 26.9 Å². The minimum atomic E-state index is -3.57. The van der Waals surface area contributed by atoms with Gasteiger partial charge in [0, 0.05) is 13.7 Å². The van der Waals surface area contributed by atoms with E-state index in [4.69, 9.17) is 9.47 Å². The molecule has 0 aliphatic rings. The number of rotatable bonds is 10. The van der Waals surface area contributed by atoms with Gasteiger partial charge in [-0.15, -0.1) is 0 Å². The molecule has 0 fully saturated rings. The molecule has 7 heteroatoms. The fourth-order valence-corrected chi connectivity index (χ4v) is 2.70. The summed E-state index contributed by atoms with van der Waals surface area (Å²) in [4.78, 5) is 0.174. The van der Waals surface area contributed by atoms with Gasteiger partial charge in [0.15, 0.2) is 0 Å². The normalized spacial score (nSPS) is 13.1. The molecule has 1 rings (SSSR count). The zero-order valence-corrected chi connectivity index (χ0v) is 13.2. The van der Waals surface area contributed by atoms with Gasteiger partial charge in [-0.1, -0.05) is 6.92 Å². The first-order valence-electron chi connectivity index (χ1n) is 6.89. The molecule has 1 atom stereocenters. The van der Waals surface area contributed by atoms with Gasteiger partial charge in [-0.25, -0.2) is 13.1 Å². The van der Waals surface area contributed by atoms with Crippen molar-refractivity contribution in [3.8, 4) is 5.75 Å². The van der Waals surface area contributed by atoms with Gasteiger partial charge in [0.2, 0.25) is 10.0 Å². The van der Waals surface area contributed by atoms with E-state index in [9.17, 15) is 13.5 Å². The van der Waals surface area contributed by atoms with E-state index in [1.165, 1.54) is 19.2 Å². The topological polar surface area (TPSA) is 84.9 Å². The maximum atomic E-state index is 12.0. The van der Waals surface area contributed by atoms with Crippen LogP contribution < -0.4 is 9.46 Å². The number of benzene rings is 1. The van der Waals surface area contributed by atoms with Gasteiger partial charge in [-0.2, -0.15) is 0 Å². The fraction of sp³-hybridized carbons (Fsp3) is 0.571. The zero-order chi connectivity index (χ0) is 15.7. The summed E-state index contributed by atoms with van der Waals surface area (Å²) in [7, 11) is -2.08. The molecule has 21 heavy (non-hydrogen) atoms. The molecule has 0 bridgehead atoms. The summed E-state index contributed by atoms with van der Waals surface area (Å²) in [6, 6.07) is 6.26. The second-order valence-electron chi connectivity index (χ2n) is 4.62. The van der Waals surface area contributed by atoms with Crippen molar-refractivity contribution in [2.24, 2.45) is 0 Å². The molecule has 1 aromatic rings. The minimum Gasteiger partial charge on any atom is -0.494 e. The maximum absolute atomic E-state index is 12.0. The summed E-state index contributed by atoms with van der Waals surface area (Å²) in [5.41, 5.74) is 0. The van der Waals surface area contributed by atoms with Crippen LogP contribution in [-0.4, -0.2) is 46.5 Å². The maximum Gasteiger partial charge on any atom is 0.240 e. The SMILES string of the molecule is CCCOc1ccc(S(=O)(=O)NCCC(O)COC)cc1. The minimum absolute atomic E-state index is 0.154. The van der Waals surface area contributed by atoms with Crippen LogP contribution in [0.5, 0.6) is 5.75 Å². The van der Waals surface area contributed by atoms with E-state index >= 15 is 0 Å². The highest BCUT2D eigenvalue weighted by Gasteiger charge is 2.14. The number of methoxy groups -OCH3 is 1. The number of aliphatic hydroxyl groups is 1. The molecular weight excluding hydrogens is 294 g/mol. The van der Waals surface area contributed by atoms with Crippen molar-refractivity contribution in [1.29, 1.82) is 0 Å². The van der Waals surface area contributed by atoms with Crippen LogP contribution in [0, 0.1) is 0 Å². The first kappa shape index (κ1) is 17.9. The zero-order valence-electron chi connectivity index (χ0n) is 12.4. The van der Waals surface area contributed by atoms with Crippen molar-refractivity contribution in [1.82, 2.24) is 4.72 Å². The Hall–Kier alpha value is -1.15. The van der Waals surface area contributed by atoms with Crippen LogP contribution in [0.25, 0.3) is 0 Å². The van der Waals surface area contributed by atoms with Crippen LogP contribution in [0.4, 0.5) is 0 Å². The molecule has 6 nitrogen and oxygen atoms in total. The molecule has 0 saturated carbocycles. The summed E-state index contributed by atoms with van der Waals surface area (Å²) < 4.78 is 36.7. The third-order valence-corrected chi connectivity index (χ3v) is 4.21. The highest BCUT2D eigenvalue weighted by molar-refractivity contribution is 7.89. The molecule has 0 saturated heterocycles. The molecule has 0 amide bonds. The van der Waals surface area contributed by atoms with Gasteiger partial charge in [0.25, 0.3) is 0 Å². The monoisotopic (exact) mass is 317 g/mol. The lowest BCUT2D eigenvalue weighted by atomic mass is 10.3. The van der Waals surface area contributed by atoms with Crippen molar-refractivity contribution in [3.63, 3.8) is 0 Å². The summed E-state index contributed by atoms with van der Waals surface area (Å²) in [5.74, 6) is 0.645. The first-order valence-corrected chi connectivity index (χ1v) is 8.37. The van der Waals surface area contributed by atoms with Crippen molar-refractivity contribution >= 4 is 10.0 Å². The highest BCUT2D eigenvalue weighted by atomic mass is 32.2. The number of sulfonamides is 1. The van der Waals surface area contributed by atoms with Crippen molar-refractivity contribution in [3.05, 3.63) is 24.3 Å². The third-order valence-electron chi connectivity index (χ3n) is 2.74. The Labute approximate surface area is 126 Å². The quantitative estimate of drug-likeness (QED) is 0.676. The van der Waals surface area contributed by atoms with Crippen LogP contribution in [0.2, 0.25) is 0 Å². The number of ether oxygens (including phenoxy) is 2. The van der Waals surface area contributed by atoms with Gasteiger partial charge >= 0.3 is 0 Å². The Morgan fingerprint density at radius 2 is 1.95 bits per heavy atom. The molecule has 120 valence electrons. The lowest BCUT2D eigenvalue weighted by molar-refractivity contribution is 0.0603. The second kappa shape index (κ2) is 8.99. The van der Waals surface area contributed by atoms with Gasteiger partial charge in [-0.3, -0.25) is 0 Å². The average molecular weight is 317 g/mol. The second-order valence-corrected chi connectivity index (χ2v) is 6.38. The summed E-state index contributed by atoms with van der Waals surface area (Å²) >= 11 is 0. The summed E-state index contributed by atoms with van der Waals surface area (Å²) in [6.45, 7) is 2.94. The van der Waals surface area contributed by atoms with Crippen LogP contribution >= 0.6 is 0 Å². The molecule has 1 aromatic carbocycles. The first-order chi connectivity index (χ1) is 9.99. The van der Waals surface area contributed by atoms with E-state index in [0.717, 1.165) is 6.42 Å². The molecule has 0 heterocycles. The molecule has 1 unspecified atom stereocenters. The molecule has 0 aromatic heterocycles. The molecule has 0 aliphatic heterocycles. The van der Waals surface area contributed by atoms with E-state index in [0.29, 0.717) is 18.8 Å². The largest absolute Gasteiger partial charge is 0.494 e. The van der Waals surface area contributed by atoms with Crippen LogP contribution in [0.3, 0.4) is 0 Å². The van der Waals surface area contributed by atoms with E-state index in [2.05, 4.69) is 4.72 Å². The standard InChI is InChI=1S/C14H23NO5S/c1-3-10-20-13-4-6-14(7-5-13)21(17,18)15-9-8-12(16)11-19-2/h4-7,12,15-16H,3,8-11H2,1-2H3. The van der Waals surface area contributed by atoms with E-state index in [1.807, 2.05) is 6.92 Å². The Morgan fingerprint density at radius 1 is 1.29 bits per heavy atom. The van der Waals surface area contributed by atoms with E-state index in [-0.39, 0.29) is 18.0 Å². The predicted molar refractivity (Wildman–Crippen MR) is 79.9 cm³/mol. The average Bonchev–Trinajstić information content (AvgIpc) is 2.45. The molecule has 0 radical (unpaired) electrons. The molecule has 2 N–H and O–H groups in total. The lowest BCUT2D eigenvalue weighted by Gasteiger charge is -2.11. The Bertz CT molecular complexity index is 501. The number of hydrogen-bond acceptors (Lipinski definition) is 5. The fourth-order valence-electron chi connectivity index (χ4n) is 1.65. The molecular formula is C14H23NO5S. The Balaban J connectivity index is 2.53. The Morgan fingerprint density at radius 3 is 2.52 bits per heavy atom. The smallest absolute Gasteiger partial charge is 0.240 e. The van der Waals surface area contributed by atoms with Gasteiger partial charge in [0.05, 0.1) is 24.2 Å². The van der Waals surface area contributed by atoms with Gasteiger partial charge in [-0.05, 0) is 37.1 Å². The number of nitrogens with one attached hydrogen (secondary N) is 1. The van der Waals surface area contributed by atoms with Gasteiger partial charge < -0.3 is 14.6 Å². The predicted octanol–water partition coefficient (Wildman–Crippen LogP) is 1.15. The van der Waals surface area contributed by atoms with Crippen LogP contribution in [0.15, 0.2) is 29.2 Å². The lowest BCUT2D eigenvalue weighted by Crippen LogP contribution is -2.28.